The van der Waals surface area contributed by atoms with E-state index < -0.39 is 84.9 Å². The summed E-state index contributed by atoms with van der Waals surface area (Å²) in [6, 6.07) is -5.34. The topological polar surface area (TPSA) is 225 Å². The number of carbonyl (C=O) groups excluding carboxylic acids is 6. The van der Waals surface area contributed by atoms with Crippen LogP contribution in [-0.4, -0.2) is 82.5 Å². The number of nitrogens with one attached hydrogen (secondary N) is 4. The van der Waals surface area contributed by atoms with E-state index in [9.17, 15) is 38.4 Å². The molecule has 0 heterocycles. The van der Waals surface area contributed by atoms with Gasteiger partial charge in [-0.2, -0.15) is 0 Å². The number of amides is 4. The zero-order chi connectivity index (χ0) is 26.4. The van der Waals surface area contributed by atoms with Crippen molar-refractivity contribution in [3.63, 3.8) is 0 Å². The Labute approximate surface area is 195 Å². The molecule has 6 N–H and O–H groups in total. The summed E-state index contributed by atoms with van der Waals surface area (Å²) in [4.78, 5) is 92.8. The summed E-state index contributed by atoms with van der Waals surface area (Å²) < 4.78 is 0. The lowest BCUT2D eigenvalue weighted by Gasteiger charge is -2.27. The van der Waals surface area contributed by atoms with Gasteiger partial charge in [-0.05, 0) is 12.3 Å². The van der Waals surface area contributed by atoms with Crippen molar-refractivity contribution in [3.05, 3.63) is 0 Å². The molecule has 4 amide bonds. The second-order valence-electron chi connectivity index (χ2n) is 7.73. The second kappa shape index (κ2) is 15.1. The van der Waals surface area contributed by atoms with Crippen molar-refractivity contribution < 1.29 is 48.6 Å². The normalized spacial score (nSPS) is 14.0. The lowest BCUT2D eigenvalue weighted by atomic mass is 10.0. The molecular weight excluding hydrogens is 456 g/mol. The molecule has 0 aromatic carbocycles. The molecule has 14 nitrogen and oxygen atoms in total. The molecule has 0 unspecified atom stereocenters. The van der Waals surface area contributed by atoms with Crippen LogP contribution in [0.1, 0.15) is 46.5 Å². The summed E-state index contributed by atoms with van der Waals surface area (Å²) in [6.07, 6.45) is -1.23. The van der Waals surface area contributed by atoms with Crippen LogP contribution in [-0.2, 0) is 38.4 Å². The van der Waals surface area contributed by atoms with Gasteiger partial charge in [-0.1, -0.05) is 13.8 Å². The van der Waals surface area contributed by atoms with Gasteiger partial charge < -0.3 is 41.1 Å². The zero-order valence-corrected chi connectivity index (χ0v) is 19.0. The van der Waals surface area contributed by atoms with Crippen LogP contribution >= 0.6 is 0 Å². The van der Waals surface area contributed by atoms with E-state index in [4.69, 9.17) is 10.2 Å². The fourth-order valence-corrected chi connectivity index (χ4v) is 2.75. The predicted octanol–water partition coefficient (Wildman–Crippen LogP) is -2.27. The van der Waals surface area contributed by atoms with Gasteiger partial charge in [0, 0.05) is 19.8 Å². The molecule has 4 atom stereocenters. The van der Waals surface area contributed by atoms with E-state index in [1.807, 2.05) is 0 Å². The van der Waals surface area contributed by atoms with Crippen molar-refractivity contribution in [2.45, 2.75) is 70.6 Å². The summed E-state index contributed by atoms with van der Waals surface area (Å²) in [6.45, 7) is 4.20. The molecule has 0 bridgehead atoms. The molecule has 0 aromatic heterocycles. The first-order valence-electron chi connectivity index (χ1n) is 10.3. The monoisotopic (exact) mass is 486 g/mol. The second-order valence-corrected chi connectivity index (χ2v) is 7.73. The first kappa shape index (κ1) is 30.2. The molecule has 14 heteroatoms. The summed E-state index contributed by atoms with van der Waals surface area (Å²) in [7, 11) is 0. The standard InChI is InChI=1S/C20H30N4O10/c1-10(2)17(20(34)22-12(9-26)6-7-25)24-18(32)13(4-5-15(28)29)23-19(33)14(8-16(30)31)21-11(3)27/h7,9-10,12-14,17H,4-6,8H2,1-3H3,(H,21,27)(H,22,34)(H,23,33)(H,24,32)(H,28,29)(H,30,31)/t12-,13-,14-,17-/m0/s1. The number of aliphatic carboxylic acids is 2. The molecule has 34 heavy (non-hydrogen) atoms. The smallest absolute Gasteiger partial charge is 0.305 e. The molecule has 0 saturated carbocycles. The molecule has 0 aliphatic carbocycles. The number of aldehydes is 2. The zero-order valence-electron chi connectivity index (χ0n) is 19.0. The van der Waals surface area contributed by atoms with Crippen LogP contribution in [0.25, 0.3) is 0 Å². The van der Waals surface area contributed by atoms with Crippen molar-refractivity contribution in [2.24, 2.45) is 5.92 Å². The van der Waals surface area contributed by atoms with E-state index in [-0.39, 0.29) is 6.42 Å². The number of carboxylic acid groups (broad SMARTS) is 2. The van der Waals surface area contributed by atoms with E-state index in [2.05, 4.69) is 21.3 Å². The number of carbonyl (C=O) groups is 8. The van der Waals surface area contributed by atoms with Crippen molar-refractivity contribution in [3.8, 4) is 0 Å². The molecule has 0 aromatic rings. The van der Waals surface area contributed by atoms with Gasteiger partial charge in [-0.25, -0.2) is 0 Å². The van der Waals surface area contributed by atoms with Gasteiger partial charge in [0.05, 0.1) is 12.5 Å². The van der Waals surface area contributed by atoms with Gasteiger partial charge in [0.1, 0.15) is 30.7 Å². The summed E-state index contributed by atoms with van der Waals surface area (Å²) in [5.41, 5.74) is 0. The molecule has 0 aliphatic rings. The minimum Gasteiger partial charge on any atom is -0.481 e. The molecule has 0 saturated heterocycles. The van der Waals surface area contributed by atoms with Crippen LogP contribution in [0.2, 0.25) is 0 Å². The van der Waals surface area contributed by atoms with E-state index in [1.165, 1.54) is 0 Å². The lowest BCUT2D eigenvalue weighted by molar-refractivity contribution is -0.141. The highest BCUT2D eigenvalue weighted by Crippen LogP contribution is 2.07. The maximum atomic E-state index is 12.8. The maximum absolute atomic E-state index is 12.8. The average molecular weight is 486 g/mol. The van der Waals surface area contributed by atoms with E-state index in [0.717, 1.165) is 6.92 Å². The summed E-state index contributed by atoms with van der Waals surface area (Å²) in [5.74, 6) is -6.67. The largest absolute Gasteiger partial charge is 0.481 e. The van der Waals surface area contributed by atoms with Crippen LogP contribution in [0, 0.1) is 5.92 Å². The van der Waals surface area contributed by atoms with Crippen molar-refractivity contribution in [1.82, 2.24) is 21.3 Å². The van der Waals surface area contributed by atoms with Crippen LogP contribution < -0.4 is 21.3 Å². The van der Waals surface area contributed by atoms with Crippen LogP contribution in [0.15, 0.2) is 0 Å². The molecule has 190 valence electrons. The van der Waals surface area contributed by atoms with Crippen LogP contribution in [0.5, 0.6) is 0 Å². The van der Waals surface area contributed by atoms with E-state index in [0.29, 0.717) is 12.6 Å². The molecule has 0 fully saturated rings. The fourth-order valence-electron chi connectivity index (χ4n) is 2.75. The third kappa shape index (κ3) is 11.7. The highest BCUT2D eigenvalue weighted by molar-refractivity contribution is 5.96. The molecular formula is C20H30N4O10. The van der Waals surface area contributed by atoms with Crippen LogP contribution in [0.3, 0.4) is 0 Å². The molecule has 0 radical (unpaired) electrons. The van der Waals surface area contributed by atoms with Gasteiger partial charge in [0.15, 0.2) is 0 Å². The predicted molar refractivity (Wildman–Crippen MR) is 114 cm³/mol. The third-order valence-electron chi connectivity index (χ3n) is 4.44. The quantitative estimate of drug-likeness (QED) is 0.128. The van der Waals surface area contributed by atoms with Crippen molar-refractivity contribution in [1.29, 1.82) is 0 Å². The highest BCUT2D eigenvalue weighted by Gasteiger charge is 2.32. The SMILES string of the molecule is CC(=O)N[C@@H](CC(=O)O)C(=O)N[C@@H](CCC(=O)O)C(=O)N[C@H](C(=O)N[C@H](C=O)CC=O)C(C)C. The van der Waals surface area contributed by atoms with E-state index >= 15 is 0 Å². The van der Waals surface area contributed by atoms with Crippen LogP contribution in [0.4, 0.5) is 0 Å². The number of hydrogen-bond acceptors (Lipinski definition) is 8. The average Bonchev–Trinajstić information content (AvgIpc) is 2.72. The van der Waals surface area contributed by atoms with E-state index in [1.54, 1.807) is 13.8 Å². The minimum absolute atomic E-state index is 0.278. The van der Waals surface area contributed by atoms with Crippen molar-refractivity contribution in [2.75, 3.05) is 0 Å². The van der Waals surface area contributed by atoms with Gasteiger partial charge >= 0.3 is 11.9 Å². The Morgan fingerprint density at radius 2 is 1.38 bits per heavy atom. The van der Waals surface area contributed by atoms with Gasteiger partial charge in [0.2, 0.25) is 23.6 Å². The minimum atomic E-state index is -1.53. The Hall–Kier alpha value is -3.84. The fraction of sp³-hybridized carbons (Fsp3) is 0.600. The highest BCUT2D eigenvalue weighted by atomic mass is 16.4. The Balaban J connectivity index is 5.63. The number of rotatable bonds is 16. The number of carboxylic acids is 2. The Kier molecular flexibility index (Phi) is 13.4. The van der Waals surface area contributed by atoms with Gasteiger partial charge in [-0.15, -0.1) is 0 Å². The Morgan fingerprint density at radius 1 is 0.794 bits per heavy atom. The Morgan fingerprint density at radius 3 is 1.82 bits per heavy atom. The molecule has 0 aliphatic heterocycles. The first-order valence-corrected chi connectivity index (χ1v) is 10.3. The van der Waals surface area contributed by atoms with Crippen molar-refractivity contribution >= 4 is 48.1 Å². The number of hydrogen-bond donors (Lipinski definition) is 6. The molecule has 0 rings (SSSR count). The lowest BCUT2D eigenvalue weighted by Crippen LogP contribution is -2.58. The Bertz CT molecular complexity index is 782. The third-order valence-corrected chi connectivity index (χ3v) is 4.44. The maximum Gasteiger partial charge on any atom is 0.305 e. The summed E-state index contributed by atoms with van der Waals surface area (Å²) in [5, 5.41) is 26.9. The summed E-state index contributed by atoms with van der Waals surface area (Å²) >= 11 is 0. The van der Waals surface area contributed by atoms with Gasteiger partial charge in [-0.3, -0.25) is 28.8 Å². The van der Waals surface area contributed by atoms with Gasteiger partial charge in [0.25, 0.3) is 0 Å². The first-order chi connectivity index (χ1) is 15.8. The molecule has 0 spiro atoms.